The first-order chi connectivity index (χ1) is 14.0. The van der Waals surface area contributed by atoms with Gasteiger partial charge in [-0.3, -0.25) is 4.79 Å². The molecule has 2 aromatic carbocycles. The highest BCUT2D eigenvalue weighted by molar-refractivity contribution is 6.30. The Hall–Kier alpha value is -3.32. The molecule has 0 saturated heterocycles. The lowest BCUT2D eigenvalue weighted by Crippen LogP contribution is -2.35. The third kappa shape index (κ3) is 4.09. The molecule has 0 spiro atoms. The van der Waals surface area contributed by atoms with Gasteiger partial charge in [-0.2, -0.15) is 0 Å². The average Bonchev–Trinajstić information content (AvgIpc) is 3.19. The Kier molecular flexibility index (Phi) is 5.22. The van der Waals surface area contributed by atoms with E-state index in [-0.39, 0.29) is 24.1 Å². The first kappa shape index (κ1) is 19.0. The second kappa shape index (κ2) is 7.97. The molecule has 0 aliphatic carbocycles. The number of hydrogen-bond donors (Lipinski definition) is 1. The summed E-state index contributed by atoms with van der Waals surface area (Å²) in [5, 5.41) is 3.53. The minimum Gasteiger partial charge on any atom is -0.454 e. The van der Waals surface area contributed by atoms with Gasteiger partial charge in [0.15, 0.2) is 17.6 Å². The summed E-state index contributed by atoms with van der Waals surface area (Å²) in [6.45, 7) is 1.96. The van der Waals surface area contributed by atoms with Crippen LogP contribution in [0.5, 0.6) is 11.5 Å². The van der Waals surface area contributed by atoms with E-state index in [0.29, 0.717) is 22.4 Å². The number of nitrogens with one attached hydrogen (secondary N) is 1. The van der Waals surface area contributed by atoms with Crippen LogP contribution in [0.2, 0.25) is 5.15 Å². The van der Waals surface area contributed by atoms with Crippen molar-refractivity contribution in [3.63, 3.8) is 0 Å². The van der Waals surface area contributed by atoms with Gasteiger partial charge in [-0.05, 0) is 36.8 Å². The fourth-order valence-electron chi connectivity index (χ4n) is 2.97. The molecule has 1 aliphatic rings. The van der Waals surface area contributed by atoms with E-state index >= 15 is 0 Å². The average molecular weight is 413 g/mol. The highest BCUT2D eigenvalue weighted by atomic mass is 35.5. The molecule has 3 aromatic rings. The zero-order valence-electron chi connectivity index (χ0n) is 15.5. The maximum atomic E-state index is 12.6. The van der Waals surface area contributed by atoms with E-state index in [0.717, 1.165) is 5.56 Å². The predicted molar refractivity (Wildman–Crippen MR) is 106 cm³/mol. The summed E-state index contributed by atoms with van der Waals surface area (Å²) in [6, 6.07) is 13.9. The molecule has 1 amide bonds. The maximum Gasteiger partial charge on any atom is 0.339 e. The van der Waals surface area contributed by atoms with Crippen LogP contribution in [0.4, 0.5) is 0 Å². The number of carbonyl (C=O) groups is 2. The normalized spacial score (nSPS) is 13.2. The van der Waals surface area contributed by atoms with E-state index in [1.54, 1.807) is 36.4 Å². The van der Waals surface area contributed by atoms with Crippen LogP contribution in [0.25, 0.3) is 10.9 Å². The molecular weight excluding hydrogens is 396 g/mol. The maximum absolute atomic E-state index is 12.6. The molecule has 1 atom stereocenters. The molecule has 2 heterocycles. The van der Waals surface area contributed by atoms with E-state index in [4.69, 9.17) is 25.8 Å². The molecule has 1 N–H and O–H groups in total. The van der Waals surface area contributed by atoms with Gasteiger partial charge >= 0.3 is 5.97 Å². The summed E-state index contributed by atoms with van der Waals surface area (Å²) in [4.78, 5) is 29.2. The van der Waals surface area contributed by atoms with Gasteiger partial charge in [0.2, 0.25) is 6.79 Å². The molecule has 1 aliphatic heterocycles. The van der Waals surface area contributed by atoms with E-state index in [1.165, 1.54) is 13.0 Å². The SMILES string of the molecule is C[C@H](OC(=O)c1cc(Cl)nc2ccccc12)C(=O)NCc1ccc2c(c1)OCO2. The number of fused-ring (bicyclic) bond motifs is 2. The van der Waals surface area contributed by atoms with Crippen molar-refractivity contribution in [3.8, 4) is 11.5 Å². The zero-order valence-corrected chi connectivity index (χ0v) is 16.2. The van der Waals surface area contributed by atoms with Crippen LogP contribution in [0, 0.1) is 0 Å². The molecule has 8 heteroatoms. The van der Waals surface area contributed by atoms with Crippen molar-refractivity contribution in [1.82, 2.24) is 10.3 Å². The number of rotatable bonds is 5. The van der Waals surface area contributed by atoms with Crippen LogP contribution in [-0.2, 0) is 16.1 Å². The van der Waals surface area contributed by atoms with Gasteiger partial charge in [-0.15, -0.1) is 0 Å². The van der Waals surface area contributed by atoms with Crippen LogP contribution in [0.15, 0.2) is 48.5 Å². The Morgan fingerprint density at radius 1 is 1.17 bits per heavy atom. The number of para-hydroxylation sites is 1. The van der Waals surface area contributed by atoms with Crippen molar-refractivity contribution < 1.29 is 23.8 Å². The lowest BCUT2D eigenvalue weighted by atomic mass is 10.1. The van der Waals surface area contributed by atoms with Crippen molar-refractivity contribution in [3.05, 3.63) is 64.8 Å². The van der Waals surface area contributed by atoms with Crippen LogP contribution in [-0.4, -0.2) is 29.8 Å². The summed E-state index contributed by atoms with van der Waals surface area (Å²) in [6.07, 6.45) is -0.984. The van der Waals surface area contributed by atoms with Crippen LogP contribution in [0.3, 0.4) is 0 Å². The van der Waals surface area contributed by atoms with Crippen LogP contribution in [0.1, 0.15) is 22.8 Å². The molecule has 0 bridgehead atoms. The third-order valence-corrected chi connectivity index (χ3v) is 4.66. The van der Waals surface area contributed by atoms with Gasteiger partial charge in [-0.25, -0.2) is 9.78 Å². The topological polar surface area (TPSA) is 86.8 Å². The number of halogens is 1. The van der Waals surface area contributed by atoms with Gasteiger partial charge in [0.05, 0.1) is 11.1 Å². The van der Waals surface area contributed by atoms with Gasteiger partial charge in [0, 0.05) is 11.9 Å². The second-order valence-corrected chi connectivity index (χ2v) is 6.85. The molecule has 4 rings (SSSR count). The molecular formula is C21H17ClN2O5. The molecule has 1 aromatic heterocycles. The van der Waals surface area contributed by atoms with Crippen molar-refractivity contribution in [2.24, 2.45) is 0 Å². The number of carbonyl (C=O) groups excluding carboxylic acids is 2. The summed E-state index contributed by atoms with van der Waals surface area (Å²) in [7, 11) is 0. The Labute approximate surface area is 171 Å². The summed E-state index contributed by atoms with van der Waals surface area (Å²) < 4.78 is 15.9. The number of pyridine rings is 1. The summed E-state index contributed by atoms with van der Waals surface area (Å²) in [5.74, 6) is 0.250. The lowest BCUT2D eigenvalue weighted by molar-refractivity contribution is -0.129. The first-order valence-corrected chi connectivity index (χ1v) is 9.31. The molecule has 29 heavy (non-hydrogen) atoms. The number of amides is 1. The van der Waals surface area contributed by atoms with Gasteiger partial charge in [0.25, 0.3) is 5.91 Å². The van der Waals surface area contributed by atoms with Crippen molar-refractivity contribution in [1.29, 1.82) is 0 Å². The van der Waals surface area contributed by atoms with E-state index < -0.39 is 18.0 Å². The number of nitrogens with zero attached hydrogens (tertiary/aromatic N) is 1. The Morgan fingerprint density at radius 3 is 2.83 bits per heavy atom. The van der Waals surface area contributed by atoms with Gasteiger partial charge in [0.1, 0.15) is 5.15 Å². The highest BCUT2D eigenvalue weighted by Crippen LogP contribution is 2.32. The van der Waals surface area contributed by atoms with E-state index in [2.05, 4.69) is 10.3 Å². The third-order valence-electron chi connectivity index (χ3n) is 4.46. The number of hydrogen-bond acceptors (Lipinski definition) is 6. The molecule has 7 nitrogen and oxygen atoms in total. The summed E-state index contributed by atoms with van der Waals surface area (Å²) >= 11 is 6.01. The van der Waals surface area contributed by atoms with Crippen LogP contribution >= 0.6 is 11.6 Å². The molecule has 0 radical (unpaired) electrons. The van der Waals surface area contributed by atoms with Crippen LogP contribution < -0.4 is 14.8 Å². The van der Waals surface area contributed by atoms with Crippen molar-refractivity contribution in [2.45, 2.75) is 19.6 Å². The standard InChI is InChI=1S/C21H17ClN2O5/c1-12(20(25)23-10-13-6-7-17-18(8-13)28-11-27-17)29-21(26)15-9-19(22)24-16-5-3-2-4-14(15)16/h2-9,12H,10-11H2,1H3,(H,23,25)/t12-/m0/s1. The fraction of sp³-hybridized carbons (Fsp3) is 0.190. The van der Waals surface area contributed by atoms with E-state index in [9.17, 15) is 9.59 Å². The molecule has 148 valence electrons. The Balaban J connectivity index is 1.40. The number of aromatic nitrogens is 1. The van der Waals surface area contributed by atoms with Crippen molar-refractivity contribution in [2.75, 3.05) is 6.79 Å². The highest BCUT2D eigenvalue weighted by Gasteiger charge is 2.21. The predicted octanol–water partition coefficient (Wildman–Crippen LogP) is 3.48. The largest absolute Gasteiger partial charge is 0.454 e. The lowest BCUT2D eigenvalue weighted by Gasteiger charge is -2.14. The smallest absolute Gasteiger partial charge is 0.339 e. The van der Waals surface area contributed by atoms with Gasteiger partial charge in [-0.1, -0.05) is 35.9 Å². The Morgan fingerprint density at radius 2 is 1.97 bits per heavy atom. The minimum atomic E-state index is -0.984. The number of ether oxygens (including phenoxy) is 3. The minimum absolute atomic E-state index is 0.176. The summed E-state index contributed by atoms with van der Waals surface area (Å²) in [5.41, 5.74) is 1.68. The molecule has 0 saturated carbocycles. The quantitative estimate of drug-likeness (QED) is 0.510. The fourth-order valence-corrected chi connectivity index (χ4v) is 3.17. The first-order valence-electron chi connectivity index (χ1n) is 8.94. The zero-order chi connectivity index (χ0) is 20.4. The number of esters is 1. The van der Waals surface area contributed by atoms with Crippen molar-refractivity contribution >= 4 is 34.4 Å². The number of benzene rings is 2. The monoisotopic (exact) mass is 412 g/mol. The van der Waals surface area contributed by atoms with Gasteiger partial charge < -0.3 is 19.5 Å². The Bertz CT molecular complexity index is 1100. The second-order valence-electron chi connectivity index (χ2n) is 6.46. The van der Waals surface area contributed by atoms with E-state index in [1.807, 2.05) is 6.07 Å². The molecule has 0 fully saturated rings. The molecule has 0 unspecified atom stereocenters.